The minimum absolute atomic E-state index is 0.155. The van der Waals surface area contributed by atoms with Crippen LogP contribution in [0.5, 0.6) is 5.75 Å². The molecule has 0 aliphatic rings. The Morgan fingerprint density at radius 2 is 1.93 bits per heavy atom. The first kappa shape index (κ1) is 18.8. The molecule has 0 aliphatic carbocycles. The number of ether oxygens (including phenoxy) is 1. The number of hydrogen-bond donors (Lipinski definition) is 1. The highest BCUT2D eigenvalue weighted by atomic mass is 32.2. The van der Waals surface area contributed by atoms with Gasteiger partial charge >= 0.3 is 0 Å². The molecule has 0 saturated heterocycles. The summed E-state index contributed by atoms with van der Waals surface area (Å²) in [6, 6.07) is 13.1. The Kier molecular flexibility index (Phi) is 6.02. The average Bonchev–Trinajstić information content (AvgIpc) is 3.15. The number of tetrazole rings is 1. The van der Waals surface area contributed by atoms with Gasteiger partial charge < -0.3 is 10.1 Å². The predicted octanol–water partition coefficient (Wildman–Crippen LogP) is 2.78. The van der Waals surface area contributed by atoms with E-state index in [1.807, 2.05) is 31.2 Å². The molecular weight excluding hydrogens is 369 g/mol. The summed E-state index contributed by atoms with van der Waals surface area (Å²) in [4.78, 5) is 12.2. The number of carbonyl (C=O) groups excluding carboxylic acids is 1. The van der Waals surface area contributed by atoms with Crippen LogP contribution in [-0.4, -0.2) is 39.0 Å². The molecular formula is C18H18FN5O2S. The van der Waals surface area contributed by atoms with Crippen LogP contribution in [0.2, 0.25) is 0 Å². The molecule has 1 atom stereocenters. The van der Waals surface area contributed by atoms with Crippen LogP contribution < -0.4 is 10.1 Å². The van der Waals surface area contributed by atoms with E-state index in [-0.39, 0.29) is 23.5 Å². The number of benzene rings is 2. The molecule has 9 heteroatoms. The molecule has 0 radical (unpaired) electrons. The maximum absolute atomic E-state index is 13.0. The van der Waals surface area contributed by atoms with Gasteiger partial charge in [0.05, 0.1) is 24.6 Å². The molecule has 0 unspecified atom stereocenters. The third-order valence-corrected chi connectivity index (χ3v) is 4.76. The predicted molar refractivity (Wildman–Crippen MR) is 99.4 cm³/mol. The molecule has 0 fully saturated rings. The van der Waals surface area contributed by atoms with Gasteiger partial charge in [0.15, 0.2) is 0 Å². The second-order valence-electron chi connectivity index (χ2n) is 5.70. The highest BCUT2D eigenvalue weighted by molar-refractivity contribution is 7.99. The molecule has 0 aliphatic heterocycles. The fraction of sp³-hybridized carbons (Fsp3) is 0.222. The lowest BCUT2D eigenvalue weighted by Gasteiger charge is -2.14. The van der Waals surface area contributed by atoms with Gasteiger partial charge in [0.1, 0.15) is 11.6 Å². The SMILES string of the molecule is COc1ccc(-n2nnnc2SCC(=O)N[C@@H](C)c2ccc(F)cc2)cc1. The van der Waals surface area contributed by atoms with Gasteiger partial charge in [-0.2, -0.15) is 4.68 Å². The molecule has 0 spiro atoms. The first-order chi connectivity index (χ1) is 13.1. The number of rotatable bonds is 7. The van der Waals surface area contributed by atoms with E-state index in [0.717, 1.165) is 17.0 Å². The second-order valence-corrected chi connectivity index (χ2v) is 6.64. The monoisotopic (exact) mass is 387 g/mol. The van der Waals surface area contributed by atoms with Gasteiger partial charge in [-0.3, -0.25) is 4.79 Å². The summed E-state index contributed by atoms with van der Waals surface area (Å²) in [7, 11) is 1.60. The molecule has 3 aromatic rings. The van der Waals surface area contributed by atoms with Crippen molar-refractivity contribution in [2.45, 2.75) is 18.1 Å². The van der Waals surface area contributed by atoms with E-state index in [2.05, 4.69) is 20.8 Å². The number of amides is 1. The van der Waals surface area contributed by atoms with Crippen LogP contribution in [0.3, 0.4) is 0 Å². The van der Waals surface area contributed by atoms with E-state index in [9.17, 15) is 9.18 Å². The minimum atomic E-state index is -0.307. The van der Waals surface area contributed by atoms with Crippen LogP contribution in [0, 0.1) is 5.82 Å². The normalized spacial score (nSPS) is 11.8. The van der Waals surface area contributed by atoms with Crippen molar-refractivity contribution in [3.63, 3.8) is 0 Å². The summed E-state index contributed by atoms with van der Waals surface area (Å²) in [6.45, 7) is 1.84. The quantitative estimate of drug-likeness (QED) is 0.628. The van der Waals surface area contributed by atoms with Crippen molar-refractivity contribution in [3.8, 4) is 11.4 Å². The fourth-order valence-corrected chi connectivity index (χ4v) is 3.10. The fourth-order valence-electron chi connectivity index (χ4n) is 2.40. The van der Waals surface area contributed by atoms with Gasteiger partial charge in [-0.05, 0) is 59.3 Å². The summed E-state index contributed by atoms with van der Waals surface area (Å²) >= 11 is 1.23. The topological polar surface area (TPSA) is 81.9 Å². The lowest BCUT2D eigenvalue weighted by atomic mass is 10.1. The first-order valence-electron chi connectivity index (χ1n) is 8.17. The first-order valence-corrected chi connectivity index (χ1v) is 9.16. The molecule has 1 amide bonds. The van der Waals surface area contributed by atoms with Crippen molar-refractivity contribution in [1.29, 1.82) is 0 Å². The molecule has 2 aromatic carbocycles. The molecule has 0 bridgehead atoms. The number of carbonyl (C=O) groups is 1. The van der Waals surface area contributed by atoms with E-state index in [4.69, 9.17) is 4.74 Å². The van der Waals surface area contributed by atoms with Crippen LogP contribution in [-0.2, 0) is 4.79 Å². The van der Waals surface area contributed by atoms with Crippen LogP contribution >= 0.6 is 11.8 Å². The Morgan fingerprint density at radius 3 is 2.59 bits per heavy atom. The zero-order valence-electron chi connectivity index (χ0n) is 14.8. The molecule has 0 saturated carbocycles. The number of methoxy groups -OCH3 is 1. The van der Waals surface area contributed by atoms with Gasteiger partial charge in [0.25, 0.3) is 0 Å². The number of thioether (sulfide) groups is 1. The summed E-state index contributed by atoms with van der Waals surface area (Å²) in [5, 5.41) is 15.0. The molecule has 1 N–H and O–H groups in total. The Bertz CT molecular complexity index is 899. The number of hydrogen-bond acceptors (Lipinski definition) is 6. The highest BCUT2D eigenvalue weighted by Crippen LogP contribution is 2.20. The Hall–Kier alpha value is -2.94. The maximum atomic E-state index is 13.0. The van der Waals surface area contributed by atoms with Crippen molar-refractivity contribution in [2.75, 3.05) is 12.9 Å². The zero-order valence-corrected chi connectivity index (χ0v) is 15.6. The van der Waals surface area contributed by atoms with E-state index in [0.29, 0.717) is 5.16 Å². The second kappa shape index (κ2) is 8.63. The summed E-state index contributed by atoms with van der Waals surface area (Å²) in [5.74, 6) is 0.414. The Labute approximate surface area is 159 Å². The van der Waals surface area contributed by atoms with Crippen molar-refractivity contribution >= 4 is 17.7 Å². The highest BCUT2D eigenvalue weighted by Gasteiger charge is 2.14. The van der Waals surface area contributed by atoms with Crippen molar-refractivity contribution in [2.24, 2.45) is 0 Å². The number of aromatic nitrogens is 4. The smallest absolute Gasteiger partial charge is 0.230 e. The van der Waals surface area contributed by atoms with Gasteiger partial charge in [-0.15, -0.1) is 5.10 Å². The third-order valence-electron chi connectivity index (χ3n) is 3.84. The van der Waals surface area contributed by atoms with Gasteiger partial charge in [-0.1, -0.05) is 23.9 Å². The molecule has 140 valence electrons. The summed E-state index contributed by atoms with van der Waals surface area (Å²) in [6.07, 6.45) is 0. The van der Waals surface area contributed by atoms with Crippen molar-refractivity contribution in [3.05, 3.63) is 59.9 Å². The summed E-state index contributed by atoms with van der Waals surface area (Å²) in [5.41, 5.74) is 1.60. The minimum Gasteiger partial charge on any atom is -0.497 e. The van der Waals surface area contributed by atoms with Gasteiger partial charge in [0, 0.05) is 0 Å². The molecule has 1 aromatic heterocycles. The van der Waals surface area contributed by atoms with Crippen LogP contribution in [0.25, 0.3) is 5.69 Å². The van der Waals surface area contributed by atoms with Crippen molar-refractivity contribution in [1.82, 2.24) is 25.5 Å². The largest absolute Gasteiger partial charge is 0.497 e. The van der Waals surface area contributed by atoms with Crippen LogP contribution in [0.15, 0.2) is 53.7 Å². The lowest BCUT2D eigenvalue weighted by Crippen LogP contribution is -2.28. The molecule has 1 heterocycles. The van der Waals surface area contributed by atoms with E-state index in [1.165, 1.54) is 23.9 Å². The Balaban J connectivity index is 1.59. The van der Waals surface area contributed by atoms with E-state index < -0.39 is 0 Å². The van der Waals surface area contributed by atoms with E-state index >= 15 is 0 Å². The number of nitrogens with one attached hydrogen (secondary N) is 1. The van der Waals surface area contributed by atoms with Crippen molar-refractivity contribution < 1.29 is 13.9 Å². The van der Waals surface area contributed by atoms with Crippen LogP contribution in [0.1, 0.15) is 18.5 Å². The van der Waals surface area contributed by atoms with Gasteiger partial charge in [0.2, 0.25) is 11.1 Å². The summed E-state index contributed by atoms with van der Waals surface area (Å²) < 4.78 is 19.7. The lowest BCUT2D eigenvalue weighted by molar-refractivity contribution is -0.119. The average molecular weight is 387 g/mol. The molecule has 7 nitrogen and oxygen atoms in total. The Morgan fingerprint density at radius 1 is 1.22 bits per heavy atom. The molecule has 27 heavy (non-hydrogen) atoms. The molecule has 3 rings (SSSR count). The van der Waals surface area contributed by atoms with E-state index in [1.54, 1.807) is 23.9 Å². The maximum Gasteiger partial charge on any atom is 0.230 e. The number of halogens is 1. The van der Waals surface area contributed by atoms with Gasteiger partial charge in [-0.25, -0.2) is 4.39 Å². The third kappa shape index (κ3) is 4.82. The van der Waals surface area contributed by atoms with Crippen LogP contribution in [0.4, 0.5) is 4.39 Å². The zero-order chi connectivity index (χ0) is 19.2. The standard InChI is InChI=1S/C18H18FN5O2S/c1-12(13-3-5-14(19)6-4-13)20-17(25)11-27-18-21-22-23-24(18)15-7-9-16(26-2)10-8-15/h3-10,12H,11H2,1-2H3,(H,20,25)/t12-/m0/s1. The number of nitrogens with zero attached hydrogens (tertiary/aromatic N) is 4.